The largest absolute Gasteiger partial charge is 0.349 e. The number of halogens is 1. The second-order valence-corrected chi connectivity index (χ2v) is 10.5. The van der Waals surface area contributed by atoms with Crippen LogP contribution in [-0.2, 0) is 4.84 Å². The van der Waals surface area contributed by atoms with Gasteiger partial charge in [0.15, 0.2) is 10.5 Å². The van der Waals surface area contributed by atoms with Crippen LogP contribution in [0.2, 0.25) is 0 Å². The summed E-state index contributed by atoms with van der Waals surface area (Å²) >= 11 is 3.56. The maximum Gasteiger partial charge on any atom is 0.316 e. The van der Waals surface area contributed by atoms with Crippen molar-refractivity contribution in [3.05, 3.63) is 88.4 Å². The van der Waals surface area contributed by atoms with Gasteiger partial charge in [-0.05, 0) is 48.9 Å². The molecule has 2 aliphatic heterocycles. The lowest BCUT2D eigenvalue weighted by Crippen LogP contribution is -2.68. The van der Waals surface area contributed by atoms with Crippen LogP contribution in [0.3, 0.4) is 0 Å². The van der Waals surface area contributed by atoms with Crippen molar-refractivity contribution in [3.8, 4) is 0 Å². The highest BCUT2D eigenvalue weighted by Gasteiger charge is 2.31. The van der Waals surface area contributed by atoms with Gasteiger partial charge in [-0.3, -0.25) is 0 Å². The molecule has 11 heteroatoms. The van der Waals surface area contributed by atoms with Crippen LogP contribution in [0, 0.1) is 10.2 Å². The SMILES string of the molecule is CCC1=C([n+]2c(C=CC=C3Nc4ccccc4S3)sc3ccccc32)N(OC)CC=C1.[O-][Cl+3]([O-])([O-])[O-]. The van der Waals surface area contributed by atoms with Gasteiger partial charge in [0.1, 0.15) is 6.54 Å². The van der Waals surface area contributed by atoms with Crippen molar-refractivity contribution >= 4 is 50.9 Å². The molecule has 0 bridgehead atoms. The van der Waals surface area contributed by atoms with Crippen LogP contribution in [0.1, 0.15) is 18.4 Å². The van der Waals surface area contributed by atoms with Gasteiger partial charge >= 0.3 is 5.82 Å². The molecule has 36 heavy (non-hydrogen) atoms. The molecular formula is C25H24ClN3O5S2. The lowest BCUT2D eigenvalue weighted by molar-refractivity contribution is -2.00. The molecule has 0 fully saturated rings. The normalized spacial score (nSPS) is 16.5. The van der Waals surface area contributed by atoms with E-state index in [1.807, 2.05) is 5.06 Å². The van der Waals surface area contributed by atoms with Gasteiger partial charge in [-0.15, -0.1) is 15.3 Å². The average Bonchev–Trinajstić information content (AvgIpc) is 3.43. The summed E-state index contributed by atoms with van der Waals surface area (Å²) in [4.78, 5) is 7.01. The number of anilines is 1. The van der Waals surface area contributed by atoms with Crippen LogP contribution >= 0.6 is 23.1 Å². The van der Waals surface area contributed by atoms with E-state index in [1.165, 1.54) is 26.4 Å². The maximum absolute atomic E-state index is 8.49. The number of thiazole rings is 1. The van der Waals surface area contributed by atoms with Crippen LogP contribution in [0.4, 0.5) is 5.69 Å². The molecule has 0 saturated heterocycles. The highest BCUT2D eigenvalue weighted by Crippen LogP contribution is 2.40. The first-order valence-electron chi connectivity index (χ1n) is 11.0. The standard InChI is InChI=1S/C25H23N3OS2.ClHO4/c1-3-18-10-9-17-27(29-2)25(18)28-20-12-5-7-14-22(20)31-24(28)16-8-15-23-26-19-11-4-6-13-21(19)30-23;2-1(3,4)5/h4-16H,3,17H2,1-2H3;(H,2,3,4,5). The molecule has 0 atom stereocenters. The fourth-order valence-corrected chi connectivity index (χ4v) is 5.84. The molecule has 0 aliphatic carbocycles. The van der Waals surface area contributed by atoms with E-state index in [1.54, 1.807) is 30.2 Å². The van der Waals surface area contributed by atoms with Crippen molar-refractivity contribution in [2.45, 2.75) is 18.2 Å². The summed E-state index contributed by atoms with van der Waals surface area (Å²) in [6.45, 7) is 2.92. The Balaban J connectivity index is 0.000000556. The zero-order valence-electron chi connectivity index (χ0n) is 19.5. The first-order chi connectivity index (χ1) is 17.3. The van der Waals surface area contributed by atoms with E-state index in [0.717, 1.165) is 28.8 Å². The van der Waals surface area contributed by atoms with E-state index in [2.05, 4.69) is 95.7 Å². The Morgan fingerprint density at radius 1 is 1.11 bits per heavy atom. The fraction of sp³-hybridized carbons (Fsp3) is 0.160. The number of hydrogen-bond donors (Lipinski definition) is 1. The highest BCUT2D eigenvalue weighted by atomic mass is 35.7. The van der Waals surface area contributed by atoms with Crippen molar-refractivity contribution < 1.29 is 38.3 Å². The van der Waals surface area contributed by atoms with Gasteiger partial charge in [0.05, 0.1) is 22.5 Å². The Bertz CT molecular complexity index is 1330. The van der Waals surface area contributed by atoms with E-state index < -0.39 is 10.2 Å². The molecular weight excluding hydrogens is 522 g/mol. The smallest absolute Gasteiger partial charge is 0.316 e. The van der Waals surface area contributed by atoms with E-state index in [0.29, 0.717) is 0 Å². The minimum absolute atomic E-state index is 0.735. The minimum atomic E-state index is -4.94. The maximum atomic E-state index is 8.49. The monoisotopic (exact) mass is 545 g/mol. The predicted octanol–water partition coefficient (Wildman–Crippen LogP) is 1.52. The third-order valence-electron chi connectivity index (χ3n) is 5.32. The lowest BCUT2D eigenvalue weighted by Gasteiger charge is -2.20. The Morgan fingerprint density at radius 2 is 1.83 bits per heavy atom. The fourth-order valence-electron chi connectivity index (χ4n) is 3.87. The van der Waals surface area contributed by atoms with Gasteiger partial charge in [0, 0.05) is 10.5 Å². The number of nitrogens with one attached hydrogen (secondary N) is 1. The molecule has 1 N–H and O–H groups in total. The first-order valence-corrected chi connectivity index (χ1v) is 13.8. The quantitative estimate of drug-likeness (QED) is 0.479. The van der Waals surface area contributed by atoms with E-state index in [9.17, 15) is 0 Å². The lowest BCUT2D eigenvalue weighted by atomic mass is 10.1. The minimum Gasteiger partial charge on any atom is -0.349 e. The van der Waals surface area contributed by atoms with Crippen LogP contribution in [0.25, 0.3) is 22.1 Å². The van der Waals surface area contributed by atoms with Gasteiger partial charge < -0.3 is 5.32 Å². The summed E-state index contributed by atoms with van der Waals surface area (Å²) in [5.41, 5.74) is 3.63. The molecule has 5 rings (SSSR count). The topological polar surface area (TPSA) is 121 Å². The zero-order valence-corrected chi connectivity index (χ0v) is 21.9. The third kappa shape index (κ3) is 6.36. The molecule has 8 nitrogen and oxygen atoms in total. The number of nitrogens with zero attached hydrogens (tertiary/aromatic N) is 2. The number of benzene rings is 2. The van der Waals surface area contributed by atoms with E-state index >= 15 is 0 Å². The number of para-hydroxylation sites is 2. The number of aromatic nitrogens is 1. The summed E-state index contributed by atoms with van der Waals surface area (Å²) < 4.78 is 37.6. The molecule has 188 valence electrons. The Labute approximate surface area is 219 Å². The van der Waals surface area contributed by atoms with E-state index in [-0.39, 0.29) is 0 Å². The number of thioether (sulfide) groups is 1. The number of hydrogen-bond acceptors (Lipinski definition) is 9. The van der Waals surface area contributed by atoms with Crippen molar-refractivity contribution in [1.29, 1.82) is 0 Å². The summed E-state index contributed by atoms with van der Waals surface area (Å²) in [5.74, 6) is 1.10. The van der Waals surface area contributed by atoms with Gasteiger partial charge in [0.2, 0.25) is 0 Å². The summed E-state index contributed by atoms with van der Waals surface area (Å²) in [6, 6.07) is 16.9. The highest BCUT2D eigenvalue weighted by molar-refractivity contribution is 8.03. The van der Waals surface area contributed by atoms with Gasteiger partial charge in [-0.25, -0.2) is 18.6 Å². The van der Waals surface area contributed by atoms with Gasteiger partial charge in [-0.1, -0.05) is 66.4 Å². The molecule has 1 aromatic heterocycles. The zero-order chi connectivity index (χ0) is 25.7. The second kappa shape index (κ2) is 11.6. The predicted molar refractivity (Wildman–Crippen MR) is 131 cm³/mol. The second-order valence-electron chi connectivity index (χ2n) is 7.58. The third-order valence-corrected chi connectivity index (χ3v) is 7.45. The number of hydroxylamine groups is 2. The van der Waals surface area contributed by atoms with E-state index in [4.69, 9.17) is 23.5 Å². The molecule has 0 saturated carbocycles. The van der Waals surface area contributed by atoms with Crippen molar-refractivity contribution in [3.63, 3.8) is 0 Å². The van der Waals surface area contributed by atoms with Crippen molar-refractivity contribution in [2.75, 3.05) is 19.0 Å². The molecule has 0 spiro atoms. The number of allylic oxidation sites excluding steroid dienone is 4. The molecule has 2 aliphatic rings. The van der Waals surface area contributed by atoms with Gasteiger partial charge in [-0.2, -0.15) is 9.40 Å². The number of fused-ring (bicyclic) bond motifs is 2. The van der Waals surface area contributed by atoms with Crippen molar-refractivity contribution in [1.82, 2.24) is 5.06 Å². The Morgan fingerprint density at radius 3 is 2.56 bits per heavy atom. The average molecular weight is 546 g/mol. The van der Waals surface area contributed by atoms with Crippen molar-refractivity contribution in [2.24, 2.45) is 0 Å². The summed E-state index contributed by atoms with van der Waals surface area (Å²) in [6.07, 6.45) is 11.8. The van der Waals surface area contributed by atoms with Gasteiger partial charge in [0.25, 0.3) is 0 Å². The molecule has 0 unspecified atom stereocenters. The molecule has 3 aromatic rings. The number of rotatable bonds is 5. The van der Waals surface area contributed by atoms with Crippen LogP contribution in [0.5, 0.6) is 0 Å². The Kier molecular flexibility index (Phi) is 8.50. The van der Waals surface area contributed by atoms with Crippen LogP contribution in [0.15, 0.2) is 88.3 Å². The van der Waals surface area contributed by atoms with Crippen LogP contribution in [-0.4, -0.2) is 18.7 Å². The summed E-state index contributed by atoms with van der Waals surface area (Å²) in [5, 5.41) is 7.75. The molecule has 3 heterocycles. The van der Waals surface area contributed by atoms with Crippen LogP contribution < -0.4 is 28.5 Å². The summed E-state index contributed by atoms with van der Waals surface area (Å²) in [7, 11) is -3.21. The first kappa shape index (κ1) is 26.4. The molecule has 0 amide bonds. The molecule has 0 radical (unpaired) electrons. The Hall–Kier alpha value is -2.67. The molecule has 2 aromatic carbocycles.